The standard InChI is InChI=1S/C9H18O/c1-7-5-9(7,10)6-8(2,3)4/h7,10H,5-6H2,1-4H3. The van der Waals surface area contributed by atoms with E-state index in [0.717, 1.165) is 12.8 Å². The minimum absolute atomic E-state index is 0.277. The van der Waals surface area contributed by atoms with Crippen LogP contribution in [0, 0.1) is 11.3 Å². The van der Waals surface area contributed by atoms with E-state index in [1.807, 2.05) is 0 Å². The van der Waals surface area contributed by atoms with Crippen LogP contribution in [0.1, 0.15) is 40.5 Å². The molecule has 0 spiro atoms. The van der Waals surface area contributed by atoms with E-state index in [-0.39, 0.29) is 11.0 Å². The maximum Gasteiger partial charge on any atom is 0.0682 e. The second-order valence-electron chi connectivity index (χ2n) is 4.95. The van der Waals surface area contributed by atoms with Gasteiger partial charge in [0.05, 0.1) is 5.60 Å². The molecule has 0 amide bonds. The second kappa shape index (κ2) is 1.97. The summed E-state index contributed by atoms with van der Waals surface area (Å²) in [6.07, 6.45) is 1.95. The van der Waals surface area contributed by atoms with Gasteiger partial charge in [-0.15, -0.1) is 0 Å². The van der Waals surface area contributed by atoms with E-state index >= 15 is 0 Å². The SMILES string of the molecule is CC1CC1(O)CC(C)(C)C. The lowest BCUT2D eigenvalue weighted by Gasteiger charge is -2.22. The molecule has 0 aromatic rings. The summed E-state index contributed by atoms with van der Waals surface area (Å²) in [4.78, 5) is 0. The lowest BCUT2D eigenvalue weighted by molar-refractivity contribution is 0.0845. The van der Waals surface area contributed by atoms with Gasteiger partial charge < -0.3 is 5.11 Å². The first-order valence-corrected chi connectivity index (χ1v) is 4.06. The van der Waals surface area contributed by atoms with E-state index < -0.39 is 0 Å². The summed E-state index contributed by atoms with van der Waals surface area (Å²) in [5.41, 5.74) is -0.0300. The summed E-state index contributed by atoms with van der Waals surface area (Å²) in [7, 11) is 0. The monoisotopic (exact) mass is 142 g/mol. The molecule has 0 radical (unpaired) electrons. The van der Waals surface area contributed by atoms with Crippen molar-refractivity contribution in [2.75, 3.05) is 0 Å². The molecule has 1 N–H and O–H groups in total. The molecule has 10 heavy (non-hydrogen) atoms. The number of aliphatic hydroxyl groups is 1. The van der Waals surface area contributed by atoms with E-state index in [1.54, 1.807) is 0 Å². The average molecular weight is 142 g/mol. The maximum absolute atomic E-state index is 9.73. The highest BCUT2D eigenvalue weighted by Gasteiger charge is 2.50. The lowest BCUT2D eigenvalue weighted by atomic mass is 9.87. The Morgan fingerprint density at radius 3 is 2.00 bits per heavy atom. The van der Waals surface area contributed by atoms with Gasteiger partial charge in [-0.25, -0.2) is 0 Å². The molecular formula is C9H18O. The van der Waals surface area contributed by atoms with Crippen LogP contribution in [0.15, 0.2) is 0 Å². The fourth-order valence-corrected chi connectivity index (χ4v) is 1.64. The normalized spacial score (nSPS) is 39.9. The number of rotatable bonds is 1. The quantitative estimate of drug-likeness (QED) is 0.595. The zero-order chi connectivity index (χ0) is 7.99. The molecule has 0 aromatic carbocycles. The Kier molecular flexibility index (Phi) is 1.59. The van der Waals surface area contributed by atoms with Crippen LogP contribution in [0.2, 0.25) is 0 Å². The lowest BCUT2D eigenvalue weighted by Crippen LogP contribution is -2.20. The van der Waals surface area contributed by atoms with Crippen molar-refractivity contribution in [1.82, 2.24) is 0 Å². The Bertz CT molecular complexity index is 134. The van der Waals surface area contributed by atoms with Gasteiger partial charge in [-0.1, -0.05) is 27.7 Å². The Hall–Kier alpha value is -0.0400. The Morgan fingerprint density at radius 1 is 1.50 bits per heavy atom. The maximum atomic E-state index is 9.73. The van der Waals surface area contributed by atoms with Gasteiger partial charge in [0.1, 0.15) is 0 Å². The van der Waals surface area contributed by atoms with E-state index in [1.165, 1.54) is 0 Å². The molecule has 2 atom stereocenters. The van der Waals surface area contributed by atoms with Gasteiger partial charge in [-0.2, -0.15) is 0 Å². The average Bonchev–Trinajstić information content (AvgIpc) is 2.05. The van der Waals surface area contributed by atoms with Crippen LogP contribution in [-0.2, 0) is 0 Å². The van der Waals surface area contributed by atoms with E-state index in [9.17, 15) is 5.11 Å². The molecule has 2 unspecified atom stereocenters. The molecule has 1 fully saturated rings. The van der Waals surface area contributed by atoms with Crippen LogP contribution in [0.25, 0.3) is 0 Å². The summed E-state index contributed by atoms with van der Waals surface area (Å²) >= 11 is 0. The number of hydrogen-bond donors (Lipinski definition) is 1. The Labute approximate surface area is 63.4 Å². The van der Waals surface area contributed by atoms with Crippen molar-refractivity contribution in [2.24, 2.45) is 11.3 Å². The van der Waals surface area contributed by atoms with Gasteiger partial charge in [0, 0.05) is 0 Å². The van der Waals surface area contributed by atoms with Crippen molar-refractivity contribution in [3.05, 3.63) is 0 Å². The molecule has 0 aromatic heterocycles. The second-order valence-corrected chi connectivity index (χ2v) is 4.95. The van der Waals surface area contributed by atoms with Gasteiger partial charge in [0.25, 0.3) is 0 Å². The van der Waals surface area contributed by atoms with Gasteiger partial charge in [-0.05, 0) is 24.2 Å². The van der Waals surface area contributed by atoms with E-state index in [0.29, 0.717) is 5.92 Å². The van der Waals surface area contributed by atoms with Crippen LogP contribution >= 0.6 is 0 Å². The van der Waals surface area contributed by atoms with Crippen LogP contribution < -0.4 is 0 Å². The molecule has 1 rings (SSSR count). The van der Waals surface area contributed by atoms with Gasteiger partial charge >= 0.3 is 0 Å². The fourth-order valence-electron chi connectivity index (χ4n) is 1.64. The third-order valence-corrected chi connectivity index (χ3v) is 2.25. The summed E-state index contributed by atoms with van der Waals surface area (Å²) < 4.78 is 0. The van der Waals surface area contributed by atoms with Crippen molar-refractivity contribution < 1.29 is 5.11 Å². The van der Waals surface area contributed by atoms with Crippen molar-refractivity contribution in [3.63, 3.8) is 0 Å². The molecular weight excluding hydrogens is 124 g/mol. The fraction of sp³-hybridized carbons (Fsp3) is 1.00. The molecule has 1 aliphatic carbocycles. The molecule has 0 heterocycles. The highest BCUT2D eigenvalue weighted by atomic mass is 16.3. The van der Waals surface area contributed by atoms with Crippen LogP contribution in [0.3, 0.4) is 0 Å². The third-order valence-electron chi connectivity index (χ3n) is 2.25. The minimum atomic E-state index is -0.307. The van der Waals surface area contributed by atoms with Crippen molar-refractivity contribution >= 4 is 0 Å². The predicted molar refractivity (Wildman–Crippen MR) is 42.8 cm³/mol. The molecule has 0 bridgehead atoms. The Morgan fingerprint density at radius 2 is 1.90 bits per heavy atom. The van der Waals surface area contributed by atoms with Crippen LogP contribution in [-0.4, -0.2) is 10.7 Å². The largest absolute Gasteiger partial charge is 0.390 e. The summed E-state index contributed by atoms with van der Waals surface area (Å²) in [6, 6.07) is 0. The first kappa shape index (κ1) is 8.06. The van der Waals surface area contributed by atoms with Crippen LogP contribution in [0.5, 0.6) is 0 Å². The molecule has 0 aliphatic heterocycles. The molecule has 1 aliphatic rings. The zero-order valence-electron chi connectivity index (χ0n) is 7.44. The Balaban J connectivity index is 2.41. The highest BCUT2D eigenvalue weighted by molar-refractivity contribution is 5.02. The van der Waals surface area contributed by atoms with E-state index in [2.05, 4.69) is 27.7 Å². The van der Waals surface area contributed by atoms with Crippen molar-refractivity contribution in [1.29, 1.82) is 0 Å². The molecule has 0 saturated heterocycles. The first-order chi connectivity index (χ1) is 4.33. The summed E-state index contributed by atoms with van der Waals surface area (Å²) in [5, 5.41) is 9.73. The predicted octanol–water partition coefficient (Wildman–Crippen LogP) is 2.19. The van der Waals surface area contributed by atoms with Crippen molar-refractivity contribution in [2.45, 2.75) is 46.1 Å². The molecule has 1 nitrogen and oxygen atoms in total. The smallest absolute Gasteiger partial charge is 0.0682 e. The first-order valence-electron chi connectivity index (χ1n) is 4.06. The van der Waals surface area contributed by atoms with E-state index in [4.69, 9.17) is 0 Å². The topological polar surface area (TPSA) is 20.2 Å². The highest BCUT2D eigenvalue weighted by Crippen LogP contribution is 2.49. The van der Waals surface area contributed by atoms with Gasteiger partial charge in [0.15, 0.2) is 0 Å². The third kappa shape index (κ3) is 1.72. The molecule has 1 heteroatoms. The summed E-state index contributed by atoms with van der Waals surface area (Å²) in [5.74, 6) is 0.534. The van der Waals surface area contributed by atoms with Crippen molar-refractivity contribution in [3.8, 4) is 0 Å². The zero-order valence-corrected chi connectivity index (χ0v) is 7.44. The van der Waals surface area contributed by atoms with Crippen LogP contribution in [0.4, 0.5) is 0 Å². The molecule has 60 valence electrons. The van der Waals surface area contributed by atoms with Gasteiger partial charge in [-0.3, -0.25) is 0 Å². The van der Waals surface area contributed by atoms with Gasteiger partial charge in [0.2, 0.25) is 0 Å². The molecule has 1 saturated carbocycles. The number of hydrogen-bond acceptors (Lipinski definition) is 1. The minimum Gasteiger partial charge on any atom is -0.390 e. The summed E-state index contributed by atoms with van der Waals surface area (Å²) in [6.45, 7) is 8.65.